The maximum atomic E-state index is 13.4. The molecule has 0 atom stereocenters. The molecular formula is C18H26FN2O3+. The molecule has 1 heterocycles. The zero-order chi connectivity index (χ0) is 18.5. The molecule has 2 N–H and O–H groups in total. The predicted octanol–water partition coefficient (Wildman–Crippen LogP) is 3.86. The summed E-state index contributed by atoms with van der Waals surface area (Å²) in [5.74, 6) is -0.350. The van der Waals surface area contributed by atoms with Gasteiger partial charge in [0.2, 0.25) is 6.20 Å². The number of nitrogens with one attached hydrogen (secondary N) is 1. The second kappa shape index (κ2) is 7.95. The van der Waals surface area contributed by atoms with Gasteiger partial charge in [0, 0.05) is 15.7 Å². The summed E-state index contributed by atoms with van der Waals surface area (Å²) >= 11 is 0. The number of pyridine rings is 1. The fourth-order valence-electron chi connectivity index (χ4n) is 2.19. The molecular weight excluding hydrogens is 311 g/mol. The average Bonchev–Trinajstić information content (AvgIpc) is 2.48. The highest BCUT2D eigenvalue weighted by Crippen LogP contribution is 2.20. The molecule has 2 aromatic rings. The third-order valence-electron chi connectivity index (χ3n) is 3.11. The molecule has 1 aromatic heterocycles. The number of fused-ring (bicyclic) bond motifs is 1. The maximum absolute atomic E-state index is 13.4. The lowest BCUT2D eigenvalue weighted by molar-refractivity contribution is -0.909. The van der Waals surface area contributed by atoms with Gasteiger partial charge in [0.25, 0.3) is 5.69 Å². The van der Waals surface area contributed by atoms with E-state index in [1.807, 2.05) is 13.8 Å². The molecule has 0 radical (unpaired) electrons. The summed E-state index contributed by atoms with van der Waals surface area (Å²) in [6.45, 7) is 11.1. The number of amides is 1. The van der Waals surface area contributed by atoms with Gasteiger partial charge in [-0.05, 0) is 45.9 Å². The van der Waals surface area contributed by atoms with Gasteiger partial charge in [0.1, 0.15) is 18.0 Å². The molecule has 0 aliphatic rings. The van der Waals surface area contributed by atoms with Gasteiger partial charge in [-0.1, -0.05) is 13.8 Å². The first-order valence-electron chi connectivity index (χ1n) is 7.97. The smallest absolute Gasteiger partial charge is 0.408 e. The molecule has 0 spiro atoms. The number of carbonyl (C=O) groups is 1. The minimum Gasteiger partial charge on any atom is -0.444 e. The predicted molar refractivity (Wildman–Crippen MR) is 90.4 cm³/mol. The Hall–Kier alpha value is -2.37. The third kappa shape index (κ3) is 5.08. The number of ether oxygens (including phenoxy) is 1. The average molecular weight is 337 g/mol. The number of alkyl carbamates (subject to hydrolysis) is 1. The fourth-order valence-corrected chi connectivity index (χ4v) is 2.19. The Kier molecular flexibility index (Phi) is 6.51. The first-order valence-corrected chi connectivity index (χ1v) is 7.97. The van der Waals surface area contributed by atoms with Crippen molar-refractivity contribution in [2.24, 2.45) is 0 Å². The van der Waals surface area contributed by atoms with Crippen LogP contribution in [0.4, 0.5) is 9.18 Å². The molecule has 5 nitrogen and oxygen atoms in total. The Bertz CT molecular complexity index is 724. The van der Waals surface area contributed by atoms with E-state index in [0.29, 0.717) is 16.5 Å². The molecule has 0 saturated carbocycles. The molecule has 0 aliphatic carbocycles. The zero-order valence-electron chi connectivity index (χ0n) is 15.1. The van der Waals surface area contributed by atoms with Gasteiger partial charge < -0.3 is 10.1 Å². The fraction of sp³-hybridized carbons (Fsp3) is 0.444. The van der Waals surface area contributed by atoms with Crippen molar-refractivity contribution in [3.63, 3.8) is 0 Å². The van der Waals surface area contributed by atoms with Crippen molar-refractivity contribution >= 4 is 16.9 Å². The minimum absolute atomic E-state index is 0.0633. The van der Waals surface area contributed by atoms with E-state index in [-0.39, 0.29) is 12.4 Å². The van der Waals surface area contributed by atoms with E-state index in [2.05, 4.69) is 5.32 Å². The van der Waals surface area contributed by atoms with Crippen LogP contribution in [0.2, 0.25) is 0 Å². The lowest BCUT2D eigenvalue weighted by Crippen LogP contribution is -2.40. The number of hydrogen-bond acceptors (Lipinski definition) is 3. The van der Waals surface area contributed by atoms with Gasteiger partial charge in [0.15, 0.2) is 0 Å². The molecule has 24 heavy (non-hydrogen) atoms. The zero-order valence-corrected chi connectivity index (χ0v) is 15.1. The molecule has 1 amide bonds. The van der Waals surface area contributed by atoms with E-state index in [0.717, 1.165) is 10.3 Å². The first-order chi connectivity index (χ1) is 11.2. The van der Waals surface area contributed by atoms with E-state index in [4.69, 9.17) is 4.74 Å². The SMILES string of the molecule is CC.Cc1c[n+](O)c(CNC(=O)OC(C)(C)C)c2ccc(F)cc12. The number of nitrogens with zero attached hydrogens (tertiary/aromatic N) is 1. The van der Waals surface area contributed by atoms with Gasteiger partial charge >= 0.3 is 6.09 Å². The topological polar surface area (TPSA) is 62.4 Å². The van der Waals surface area contributed by atoms with Gasteiger partial charge in [0.05, 0.1) is 5.39 Å². The highest BCUT2D eigenvalue weighted by molar-refractivity contribution is 5.86. The van der Waals surface area contributed by atoms with Crippen LogP contribution in [0.5, 0.6) is 0 Å². The van der Waals surface area contributed by atoms with Crippen molar-refractivity contribution in [2.75, 3.05) is 0 Å². The van der Waals surface area contributed by atoms with Crippen molar-refractivity contribution in [1.82, 2.24) is 5.32 Å². The monoisotopic (exact) mass is 337 g/mol. The van der Waals surface area contributed by atoms with Crippen LogP contribution in [-0.2, 0) is 11.3 Å². The van der Waals surface area contributed by atoms with Crippen molar-refractivity contribution in [3.8, 4) is 0 Å². The van der Waals surface area contributed by atoms with E-state index in [9.17, 15) is 14.4 Å². The van der Waals surface area contributed by atoms with E-state index in [1.54, 1.807) is 33.8 Å². The highest BCUT2D eigenvalue weighted by atomic mass is 19.1. The molecule has 6 heteroatoms. The number of aromatic nitrogens is 1. The number of hydrogen-bond donors (Lipinski definition) is 2. The normalized spacial score (nSPS) is 10.8. The van der Waals surface area contributed by atoms with Crippen LogP contribution >= 0.6 is 0 Å². The molecule has 2 rings (SSSR count). The van der Waals surface area contributed by atoms with Crippen LogP contribution in [0.1, 0.15) is 45.9 Å². The Morgan fingerprint density at radius 3 is 2.50 bits per heavy atom. The summed E-state index contributed by atoms with van der Waals surface area (Å²) in [6, 6.07) is 4.30. The number of benzene rings is 1. The maximum Gasteiger partial charge on any atom is 0.408 e. The van der Waals surface area contributed by atoms with Gasteiger partial charge in [-0.2, -0.15) is 0 Å². The van der Waals surface area contributed by atoms with Crippen LogP contribution in [0.3, 0.4) is 0 Å². The molecule has 0 fully saturated rings. The van der Waals surface area contributed by atoms with Gasteiger partial charge in [-0.15, -0.1) is 0 Å². The second-order valence-corrected chi connectivity index (χ2v) is 6.15. The Labute approximate surface area is 142 Å². The van der Waals surface area contributed by atoms with Crippen molar-refractivity contribution in [3.05, 3.63) is 41.5 Å². The van der Waals surface area contributed by atoms with Crippen molar-refractivity contribution in [1.29, 1.82) is 0 Å². The van der Waals surface area contributed by atoms with Gasteiger partial charge in [-0.25, -0.2) is 9.18 Å². The molecule has 132 valence electrons. The second-order valence-electron chi connectivity index (χ2n) is 6.15. The number of halogens is 1. The largest absolute Gasteiger partial charge is 0.444 e. The van der Waals surface area contributed by atoms with Crippen LogP contribution in [0.15, 0.2) is 24.4 Å². The minimum atomic E-state index is -0.599. The highest BCUT2D eigenvalue weighted by Gasteiger charge is 2.21. The lowest BCUT2D eigenvalue weighted by atomic mass is 10.1. The van der Waals surface area contributed by atoms with Crippen LogP contribution in [0, 0.1) is 12.7 Å². The summed E-state index contributed by atoms with van der Waals surface area (Å²) in [7, 11) is 0. The van der Waals surface area contributed by atoms with Crippen molar-refractivity contribution in [2.45, 2.75) is 53.7 Å². The summed E-state index contributed by atoms with van der Waals surface area (Å²) in [6.07, 6.45) is 0.900. The summed E-state index contributed by atoms with van der Waals surface area (Å²) in [4.78, 5) is 11.7. The van der Waals surface area contributed by atoms with E-state index >= 15 is 0 Å². The van der Waals surface area contributed by atoms with Gasteiger partial charge in [-0.3, -0.25) is 5.21 Å². The number of rotatable bonds is 2. The molecule has 0 bridgehead atoms. The standard InChI is InChI=1S/C16H19FN2O3.C2H6/c1-10-9-19(21)14(8-18-15(20)22-16(2,3)4)12-6-5-11(17)7-13(10)12;1-2/h5-7,9H,8H2,1-4H3,(H-,18,20,21);1-2H3/p+1. The number of carbonyl (C=O) groups excluding carboxylic acids is 1. The molecule has 1 aromatic carbocycles. The summed E-state index contributed by atoms with van der Waals surface area (Å²) in [5, 5.41) is 14.0. The molecule has 0 aliphatic heterocycles. The Morgan fingerprint density at radius 2 is 1.92 bits per heavy atom. The summed E-state index contributed by atoms with van der Waals surface area (Å²) < 4.78 is 19.5. The van der Waals surface area contributed by atoms with Crippen molar-refractivity contribution < 1.29 is 23.9 Å². The quantitative estimate of drug-likeness (QED) is 0.646. The van der Waals surface area contributed by atoms with Crippen LogP contribution in [-0.4, -0.2) is 16.9 Å². The van der Waals surface area contributed by atoms with E-state index < -0.39 is 11.7 Å². The molecule has 0 saturated heterocycles. The lowest BCUT2D eigenvalue weighted by Gasteiger charge is -2.19. The number of aryl methyl sites for hydroxylation is 1. The third-order valence-corrected chi connectivity index (χ3v) is 3.11. The van der Waals surface area contributed by atoms with Crippen LogP contribution in [0.25, 0.3) is 10.8 Å². The Morgan fingerprint density at radius 1 is 1.29 bits per heavy atom. The Balaban J connectivity index is 0.00000139. The van der Waals surface area contributed by atoms with Crippen LogP contribution < -0.4 is 10.0 Å². The molecule has 0 unspecified atom stereocenters. The first kappa shape index (κ1) is 19.7. The van der Waals surface area contributed by atoms with E-state index in [1.165, 1.54) is 18.3 Å². The summed E-state index contributed by atoms with van der Waals surface area (Å²) in [5.41, 5.74) is 0.585.